The molecule has 4 nitrogen and oxygen atoms in total. The van der Waals surface area contributed by atoms with Gasteiger partial charge in [0.25, 0.3) is 0 Å². The number of likely N-dealkylation sites (tertiary alicyclic amines) is 1. The smallest absolute Gasteiger partial charge is 0.123 e. The number of benzene rings is 1. The van der Waals surface area contributed by atoms with Gasteiger partial charge in [0.2, 0.25) is 0 Å². The molecule has 0 aliphatic carbocycles. The molecule has 0 saturated carbocycles. The summed E-state index contributed by atoms with van der Waals surface area (Å²) in [5.74, 6) is 0.743. The number of nitrogens with zero attached hydrogens (tertiary/aromatic N) is 1. The zero-order valence-electron chi connectivity index (χ0n) is 13.1. The number of hydrogen-bond acceptors (Lipinski definition) is 4. The molecule has 2 heterocycles. The Balaban J connectivity index is 1.50. The number of hydrogen-bond donors (Lipinski definition) is 2. The van der Waals surface area contributed by atoms with Crippen molar-refractivity contribution in [3.8, 4) is 0 Å². The lowest BCUT2D eigenvalue weighted by atomic mass is 10.0. The summed E-state index contributed by atoms with van der Waals surface area (Å²) in [4.78, 5) is 2.38. The lowest BCUT2D eigenvalue weighted by Gasteiger charge is -2.34. The van der Waals surface area contributed by atoms with Crippen molar-refractivity contribution in [1.82, 2.24) is 10.2 Å². The van der Waals surface area contributed by atoms with Crippen LogP contribution in [-0.4, -0.2) is 35.7 Å². The molecule has 5 heteroatoms. The van der Waals surface area contributed by atoms with Gasteiger partial charge in [-0.2, -0.15) is 0 Å². The standard InChI is InChI=1S/C18H23FN2O2/c19-15-5-3-14(4-6-15)18(13-22)20-16-7-9-21(10-8-16)12-17-2-1-11-23-17/h1-6,11,16,18,20,22H,7-10,12-13H2/t18-/m1/s1. The molecule has 1 aliphatic rings. The van der Waals surface area contributed by atoms with Gasteiger partial charge < -0.3 is 14.8 Å². The summed E-state index contributed by atoms with van der Waals surface area (Å²) >= 11 is 0. The Morgan fingerprint density at radius 3 is 2.57 bits per heavy atom. The maximum absolute atomic E-state index is 13.0. The van der Waals surface area contributed by atoms with E-state index in [1.165, 1.54) is 12.1 Å². The van der Waals surface area contributed by atoms with Crippen molar-refractivity contribution in [1.29, 1.82) is 0 Å². The van der Waals surface area contributed by atoms with Crippen LogP contribution in [0.15, 0.2) is 47.1 Å². The fourth-order valence-electron chi connectivity index (χ4n) is 3.11. The van der Waals surface area contributed by atoms with Gasteiger partial charge in [-0.05, 0) is 42.7 Å². The summed E-state index contributed by atoms with van der Waals surface area (Å²) in [6.07, 6.45) is 3.76. The third-order valence-electron chi connectivity index (χ3n) is 4.44. The third kappa shape index (κ3) is 4.41. The highest BCUT2D eigenvalue weighted by Crippen LogP contribution is 2.19. The quantitative estimate of drug-likeness (QED) is 0.860. The van der Waals surface area contributed by atoms with E-state index in [9.17, 15) is 9.50 Å². The van der Waals surface area contributed by atoms with Crippen LogP contribution in [0.3, 0.4) is 0 Å². The fourth-order valence-corrected chi connectivity index (χ4v) is 3.11. The molecule has 2 N–H and O–H groups in total. The molecule has 0 radical (unpaired) electrons. The SMILES string of the molecule is OC[C@@H](NC1CCN(Cc2ccco2)CC1)c1ccc(F)cc1. The van der Waals surface area contributed by atoms with E-state index in [1.54, 1.807) is 18.4 Å². The van der Waals surface area contributed by atoms with E-state index in [-0.39, 0.29) is 18.5 Å². The van der Waals surface area contributed by atoms with Crippen molar-refractivity contribution in [2.24, 2.45) is 0 Å². The van der Waals surface area contributed by atoms with Crippen LogP contribution >= 0.6 is 0 Å². The van der Waals surface area contributed by atoms with Gasteiger partial charge in [-0.15, -0.1) is 0 Å². The zero-order chi connectivity index (χ0) is 16.1. The number of piperidine rings is 1. The van der Waals surface area contributed by atoms with Crippen LogP contribution in [0.5, 0.6) is 0 Å². The summed E-state index contributed by atoms with van der Waals surface area (Å²) in [5.41, 5.74) is 0.923. The first-order valence-electron chi connectivity index (χ1n) is 8.11. The first-order valence-corrected chi connectivity index (χ1v) is 8.11. The van der Waals surface area contributed by atoms with Crippen molar-refractivity contribution >= 4 is 0 Å². The average molecular weight is 318 g/mol. The minimum absolute atomic E-state index is 0.0121. The Labute approximate surface area is 135 Å². The predicted molar refractivity (Wildman–Crippen MR) is 86.4 cm³/mol. The minimum Gasteiger partial charge on any atom is -0.468 e. The van der Waals surface area contributed by atoms with Crippen molar-refractivity contribution in [3.05, 3.63) is 59.8 Å². The van der Waals surface area contributed by atoms with Gasteiger partial charge in [0.05, 0.1) is 25.5 Å². The van der Waals surface area contributed by atoms with Gasteiger partial charge in [-0.25, -0.2) is 4.39 Å². The molecule has 0 unspecified atom stereocenters. The molecule has 1 saturated heterocycles. The number of aliphatic hydroxyl groups is 1. The predicted octanol–water partition coefficient (Wildman–Crippen LogP) is 2.71. The monoisotopic (exact) mass is 318 g/mol. The second-order valence-corrected chi connectivity index (χ2v) is 6.08. The van der Waals surface area contributed by atoms with Crippen LogP contribution in [0.2, 0.25) is 0 Å². The lowest BCUT2D eigenvalue weighted by Crippen LogP contribution is -2.44. The minimum atomic E-state index is -0.253. The van der Waals surface area contributed by atoms with Crippen LogP contribution in [0.4, 0.5) is 4.39 Å². The van der Waals surface area contributed by atoms with E-state index in [1.807, 2.05) is 12.1 Å². The van der Waals surface area contributed by atoms with Gasteiger partial charge in [0.15, 0.2) is 0 Å². The Morgan fingerprint density at radius 1 is 1.22 bits per heavy atom. The first-order chi connectivity index (χ1) is 11.2. The molecule has 1 atom stereocenters. The molecule has 0 bridgehead atoms. The van der Waals surface area contributed by atoms with Gasteiger partial charge >= 0.3 is 0 Å². The van der Waals surface area contributed by atoms with Crippen molar-refractivity contribution < 1.29 is 13.9 Å². The molecule has 23 heavy (non-hydrogen) atoms. The highest BCUT2D eigenvalue weighted by atomic mass is 19.1. The zero-order valence-corrected chi connectivity index (χ0v) is 13.1. The van der Waals surface area contributed by atoms with E-state index >= 15 is 0 Å². The van der Waals surface area contributed by atoms with E-state index in [0.29, 0.717) is 6.04 Å². The normalized spacial score (nSPS) is 18.2. The average Bonchev–Trinajstić information content (AvgIpc) is 3.08. The summed E-state index contributed by atoms with van der Waals surface area (Å²) in [5, 5.41) is 13.1. The molecule has 0 spiro atoms. The van der Waals surface area contributed by atoms with E-state index in [0.717, 1.165) is 43.8 Å². The van der Waals surface area contributed by atoms with Crippen molar-refractivity contribution in [2.45, 2.75) is 31.5 Å². The number of nitrogens with one attached hydrogen (secondary N) is 1. The molecule has 1 aromatic carbocycles. The lowest BCUT2D eigenvalue weighted by molar-refractivity contribution is 0.159. The second-order valence-electron chi connectivity index (χ2n) is 6.08. The summed E-state index contributed by atoms with van der Waals surface area (Å²) in [6.45, 7) is 2.86. The molecule has 0 amide bonds. The van der Waals surface area contributed by atoms with Crippen LogP contribution in [-0.2, 0) is 6.54 Å². The van der Waals surface area contributed by atoms with Crippen LogP contribution < -0.4 is 5.32 Å². The Morgan fingerprint density at radius 2 is 1.96 bits per heavy atom. The molecule has 124 valence electrons. The summed E-state index contributed by atoms with van der Waals surface area (Å²) in [6, 6.07) is 10.5. The molecule has 3 rings (SSSR count). The molecular formula is C18H23FN2O2. The number of furan rings is 1. The second kappa shape index (κ2) is 7.73. The maximum atomic E-state index is 13.0. The van der Waals surface area contributed by atoms with Crippen molar-refractivity contribution in [3.63, 3.8) is 0 Å². The van der Waals surface area contributed by atoms with Crippen LogP contribution in [0.1, 0.15) is 30.2 Å². The highest BCUT2D eigenvalue weighted by molar-refractivity contribution is 5.20. The Hall–Kier alpha value is -1.69. The fraction of sp³-hybridized carbons (Fsp3) is 0.444. The van der Waals surface area contributed by atoms with Gasteiger partial charge in [-0.1, -0.05) is 12.1 Å². The Bertz CT molecular complexity index is 578. The largest absolute Gasteiger partial charge is 0.468 e. The van der Waals surface area contributed by atoms with E-state index < -0.39 is 0 Å². The first kappa shape index (κ1) is 16.2. The number of aliphatic hydroxyl groups excluding tert-OH is 1. The maximum Gasteiger partial charge on any atom is 0.123 e. The van der Waals surface area contributed by atoms with Gasteiger partial charge in [0.1, 0.15) is 11.6 Å². The van der Waals surface area contributed by atoms with Crippen LogP contribution in [0.25, 0.3) is 0 Å². The number of halogens is 1. The van der Waals surface area contributed by atoms with E-state index in [4.69, 9.17) is 4.42 Å². The molecule has 1 aromatic heterocycles. The van der Waals surface area contributed by atoms with Gasteiger partial charge in [-0.3, -0.25) is 4.90 Å². The summed E-state index contributed by atoms with van der Waals surface area (Å²) in [7, 11) is 0. The topological polar surface area (TPSA) is 48.6 Å². The molecular weight excluding hydrogens is 295 g/mol. The van der Waals surface area contributed by atoms with Crippen molar-refractivity contribution in [2.75, 3.05) is 19.7 Å². The third-order valence-corrected chi connectivity index (χ3v) is 4.44. The highest BCUT2D eigenvalue weighted by Gasteiger charge is 2.22. The van der Waals surface area contributed by atoms with Gasteiger partial charge in [0, 0.05) is 19.1 Å². The van der Waals surface area contributed by atoms with Crippen LogP contribution in [0, 0.1) is 5.82 Å². The Kier molecular flexibility index (Phi) is 5.43. The summed E-state index contributed by atoms with van der Waals surface area (Å²) < 4.78 is 18.4. The molecule has 2 aromatic rings. The van der Waals surface area contributed by atoms with E-state index in [2.05, 4.69) is 10.2 Å². The number of rotatable bonds is 6. The molecule has 1 fully saturated rings. The molecule has 1 aliphatic heterocycles.